The van der Waals surface area contributed by atoms with E-state index in [-0.39, 0.29) is 5.91 Å². The number of anilines is 1. The van der Waals surface area contributed by atoms with Crippen LogP contribution in [-0.2, 0) is 13.0 Å². The van der Waals surface area contributed by atoms with Gasteiger partial charge in [0.15, 0.2) is 5.69 Å². The third-order valence-electron chi connectivity index (χ3n) is 2.99. The van der Waals surface area contributed by atoms with Gasteiger partial charge >= 0.3 is 0 Å². The predicted octanol–water partition coefficient (Wildman–Crippen LogP) is 1.98. The van der Waals surface area contributed by atoms with Gasteiger partial charge in [-0.3, -0.25) is 9.89 Å². The number of H-pyrrole nitrogens is 1. The smallest absolute Gasteiger partial charge is 0.276 e. The molecule has 0 saturated carbocycles. The number of hydrogen-bond donors (Lipinski definition) is 2. The topological polar surface area (TPSA) is 87.9 Å². The number of amides is 1. The Morgan fingerprint density at radius 1 is 1.55 bits per heavy atom. The highest BCUT2D eigenvalue weighted by molar-refractivity contribution is 7.11. The lowest BCUT2D eigenvalue weighted by molar-refractivity contribution is 0.0781. The van der Waals surface area contributed by atoms with E-state index >= 15 is 0 Å². The Bertz CT molecular complexity index is 604. The number of aryl methyl sites for hydroxylation is 2. The molecule has 0 radical (unpaired) electrons. The summed E-state index contributed by atoms with van der Waals surface area (Å²) in [5, 5.41) is 7.89. The van der Waals surface area contributed by atoms with Crippen LogP contribution >= 0.6 is 11.3 Å². The van der Waals surface area contributed by atoms with Crippen molar-refractivity contribution in [3.05, 3.63) is 27.5 Å². The normalized spacial score (nSPS) is 10.8. The van der Waals surface area contributed by atoms with E-state index < -0.39 is 0 Å². The summed E-state index contributed by atoms with van der Waals surface area (Å²) in [5.74, 6) is -0.174. The van der Waals surface area contributed by atoms with Crippen molar-refractivity contribution in [3.63, 3.8) is 0 Å². The molecule has 1 amide bonds. The first-order valence-corrected chi connectivity index (χ1v) is 7.34. The number of thiazole rings is 1. The van der Waals surface area contributed by atoms with Gasteiger partial charge in [-0.15, -0.1) is 11.3 Å². The number of rotatable bonds is 5. The lowest BCUT2D eigenvalue weighted by Crippen LogP contribution is -2.26. The van der Waals surface area contributed by atoms with E-state index in [4.69, 9.17) is 5.73 Å². The van der Waals surface area contributed by atoms with Crippen molar-refractivity contribution >= 4 is 22.9 Å². The van der Waals surface area contributed by atoms with Crippen LogP contribution in [0.1, 0.15) is 39.4 Å². The molecule has 20 heavy (non-hydrogen) atoms. The monoisotopic (exact) mass is 293 g/mol. The minimum absolute atomic E-state index is 0.174. The summed E-state index contributed by atoms with van der Waals surface area (Å²) in [6.45, 7) is 4.51. The maximum atomic E-state index is 12.3. The van der Waals surface area contributed by atoms with Crippen LogP contribution in [0.4, 0.5) is 5.69 Å². The molecule has 2 rings (SSSR count). The van der Waals surface area contributed by atoms with Gasteiger partial charge in [-0.25, -0.2) is 4.98 Å². The molecule has 7 heteroatoms. The number of aromatic amines is 1. The maximum absolute atomic E-state index is 12.3. The number of hydrogen-bond acceptors (Lipinski definition) is 5. The van der Waals surface area contributed by atoms with E-state index in [1.54, 1.807) is 29.5 Å². The summed E-state index contributed by atoms with van der Waals surface area (Å²) in [6, 6.07) is 0. The first-order chi connectivity index (χ1) is 9.52. The van der Waals surface area contributed by atoms with Gasteiger partial charge in [-0.1, -0.05) is 13.3 Å². The van der Waals surface area contributed by atoms with Gasteiger partial charge in [-0.2, -0.15) is 5.10 Å². The average molecular weight is 293 g/mol. The zero-order valence-electron chi connectivity index (χ0n) is 11.9. The van der Waals surface area contributed by atoms with E-state index in [0.29, 0.717) is 17.9 Å². The third-order valence-corrected chi connectivity index (χ3v) is 3.89. The molecule has 0 fully saturated rings. The highest BCUT2D eigenvalue weighted by Crippen LogP contribution is 2.19. The fourth-order valence-corrected chi connectivity index (χ4v) is 2.80. The van der Waals surface area contributed by atoms with Gasteiger partial charge < -0.3 is 10.6 Å². The van der Waals surface area contributed by atoms with E-state index in [1.807, 2.05) is 6.92 Å². The number of carbonyl (C=O) groups is 1. The molecule has 3 N–H and O–H groups in total. The Balaban J connectivity index is 2.10. The molecule has 0 aliphatic heterocycles. The molecule has 2 aromatic heterocycles. The lowest BCUT2D eigenvalue weighted by Gasteiger charge is -2.14. The van der Waals surface area contributed by atoms with Gasteiger partial charge in [0.2, 0.25) is 0 Å². The quantitative estimate of drug-likeness (QED) is 0.882. The van der Waals surface area contributed by atoms with E-state index in [0.717, 1.165) is 28.4 Å². The second kappa shape index (κ2) is 6.04. The molecular weight excluding hydrogens is 274 g/mol. The molecule has 0 aliphatic carbocycles. The summed E-state index contributed by atoms with van der Waals surface area (Å²) in [5.41, 5.74) is 7.57. The standard InChI is InChI=1S/C13H19N5OS/c1-4-5-10-11(14)12(17-16-10)13(19)18(3)7-9-6-15-8(2)20-9/h6H,4-5,7,14H2,1-3H3,(H,16,17). The van der Waals surface area contributed by atoms with Crippen LogP contribution in [0.15, 0.2) is 6.20 Å². The molecule has 0 spiro atoms. The first-order valence-electron chi connectivity index (χ1n) is 6.52. The minimum Gasteiger partial charge on any atom is -0.395 e. The molecule has 2 aromatic rings. The van der Waals surface area contributed by atoms with Gasteiger partial charge in [0.05, 0.1) is 22.9 Å². The Labute approximate surface area is 122 Å². The summed E-state index contributed by atoms with van der Waals surface area (Å²) < 4.78 is 0. The number of nitrogens with two attached hydrogens (primary N) is 1. The summed E-state index contributed by atoms with van der Waals surface area (Å²) in [7, 11) is 1.74. The molecular formula is C13H19N5OS. The van der Waals surface area contributed by atoms with Gasteiger partial charge in [0, 0.05) is 18.1 Å². The van der Waals surface area contributed by atoms with E-state index in [9.17, 15) is 4.79 Å². The van der Waals surface area contributed by atoms with Crippen molar-refractivity contribution in [2.24, 2.45) is 0 Å². The van der Waals surface area contributed by atoms with E-state index in [2.05, 4.69) is 22.1 Å². The van der Waals surface area contributed by atoms with Crippen molar-refractivity contribution in [2.45, 2.75) is 33.2 Å². The summed E-state index contributed by atoms with van der Waals surface area (Å²) >= 11 is 1.58. The highest BCUT2D eigenvalue weighted by Gasteiger charge is 2.20. The van der Waals surface area contributed by atoms with Gasteiger partial charge in [0.25, 0.3) is 5.91 Å². The van der Waals surface area contributed by atoms with Crippen LogP contribution < -0.4 is 5.73 Å². The molecule has 0 saturated heterocycles. The van der Waals surface area contributed by atoms with Crippen molar-refractivity contribution < 1.29 is 4.79 Å². The van der Waals surface area contributed by atoms with Gasteiger partial charge in [-0.05, 0) is 13.3 Å². The number of carbonyl (C=O) groups excluding carboxylic acids is 1. The second-order valence-corrected chi connectivity index (χ2v) is 6.04. The fourth-order valence-electron chi connectivity index (χ4n) is 1.96. The number of nitrogens with zero attached hydrogens (tertiary/aromatic N) is 3. The highest BCUT2D eigenvalue weighted by atomic mass is 32.1. The summed E-state index contributed by atoms with van der Waals surface area (Å²) in [6.07, 6.45) is 3.54. The molecule has 2 heterocycles. The van der Waals surface area contributed by atoms with Crippen molar-refractivity contribution in [3.8, 4) is 0 Å². The Hall–Kier alpha value is -1.89. The van der Waals surface area contributed by atoms with Crippen molar-refractivity contribution in [2.75, 3.05) is 12.8 Å². The number of nitrogen functional groups attached to an aromatic ring is 1. The molecule has 0 bridgehead atoms. The van der Waals surface area contributed by atoms with Crippen LogP contribution in [0.3, 0.4) is 0 Å². The zero-order valence-corrected chi connectivity index (χ0v) is 12.8. The zero-order chi connectivity index (χ0) is 14.7. The largest absolute Gasteiger partial charge is 0.395 e. The van der Waals surface area contributed by atoms with Crippen molar-refractivity contribution in [1.29, 1.82) is 0 Å². The van der Waals surface area contributed by atoms with Gasteiger partial charge in [0.1, 0.15) is 0 Å². The van der Waals surface area contributed by atoms with Crippen LogP contribution in [0.25, 0.3) is 0 Å². The molecule has 0 atom stereocenters. The minimum atomic E-state index is -0.174. The lowest BCUT2D eigenvalue weighted by atomic mass is 10.2. The van der Waals surface area contributed by atoms with E-state index in [1.165, 1.54) is 0 Å². The van der Waals surface area contributed by atoms with Crippen LogP contribution in [0, 0.1) is 6.92 Å². The molecule has 0 unspecified atom stereocenters. The first kappa shape index (κ1) is 14.5. The number of nitrogens with one attached hydrogen (secondary N) is 1. The number of aromatic nitrogens is 3. The summed E-state index contributed by atoms with van der Waals surface area (Å²) in [4.78, 5) is 19.2. The molecule has 0 aromatic carbocycles. The molecule has 6 nitrogen and oxygen atoms in total. The van der Waals surface area contributed by atoms with Crippen LogP contribution in [-0.4, -0.2) is 33.0 Å². The van der Waals surface area contributed by atoms with Crippen molar-refractivity contribution in [1.82, 2.24) is 20.1 Å². The third kappa shape index (κ3) is 2.98. The Morgan fingerprint density at radius 2 is 2.30 bits per heavy atom. The maximum Gasteiger partial charge on any atom is 0.276 e. The average Bonchev–Trinajstić information content (AvgIpc) is 2.97. The molecule has 0 aliphatic rings. The second-order valence-electron chi connectivity index (χ2n) is 4.72. The van der Waals surface area contributed by atoms with Crippen LogP contribution in [0.2, 0.25) is 0 Å². The Morgan fingerprint density at radius 3 is 2.90 bits per heavy atom. The molecule has 108 valence electrons. The Kier molecular flexibility index (Phi) is 4.39. The SMILES string of the molecule is CCCc1[nH]nc(C(=O)N(C)Cc2cnc(C)s2)c1N. The fraction of sp³-hybridized carbons (Fsp3) is 0.462. The van der Waals surface area contributed by atoms with Crippen LogP contribution in [0.5, 0.6) is 0 Å². The predicted molar refractivity (Wildman–Crippen MR) is 79.6 cm³/mol.